The zero-order chi connectivity index (χ0) is 13.2. The van der Waals surface area contributed by atoms with Crippen molar-refractivity contribution in [3.63, 3.8) is 0 Å². The van der Waals surface area contributed by atoms with Gasteiger partial charge in [-0.3, -0.25) is 0 Å². The summed E-state index contributed by atoms with van der Waals surface area (Å²) in [6, 6.07) is 12.0. The minimum atomic E-state index is 0.452. The zero-order valence-corrected chi connectivity index (χ0v) is 11.4. The predicted molar refractivity (Wildman–Crippen MR) is 77.1 cm³/mol. The SMILES string of the molecule is Cc1ccc2nc(Sc3cccc(CN)n3)[nH]c2c1. The summed E-state index contributed by atoms with van der Waals surface area (Å²) in [6.45, 7) is 2.52. The van der Waals surface area contributed by atoms with Gasteiger partial charge in [0.2, 0.25) is 0 Å². The first kappa shape index (κ1) is 12.2. The van der Waals surface area contributed by atoms with Crippen molar-refractivity contribution in [1.29, 1.82) is 0 Å². The third kappa shape index (κ3) is 2.62. The standard InChI is InChI=1S/C14H14N4S/c1-9-5-6-11-12(7-9)18-14(17-11)19-13-4-2-3-10(8-15)16-13/h2-7H,8,15H2,1H3,(H,17,18). The van der Waals surface area contributed by atoms with Crippen LogP contribution in [0.2, 0.25) is 0 Å². The van der Waals surface area contributed by atoms with Crippen LogP contribution in [0, 0.1) is 6.92 Å². The predicted octanol–water partition coefficient (Wildman–Crippen LogP) is 2.88. The van der Waals surface area contributed by atoms with E-state index in [1.807, 2.05) is 24.3 Å². The van der Waals surface area contributed by atoms with E-state index < -0.39 is 0 Å². The average Bonchev–Trinajstić information content (AvgIpc) is 2.80. The Morgan fingerprint density at radius 2 is 2.11 bits per heavy atom. The highest BCUT2D eigenvalue weighted by Gasteiger charge is 2.06. The largest absolute Gasteiger partial charge is 0.333 e. The number of nitrogens with two attached hydrogens (primary N) is 1. The highest BCUT2D eigenvalue weighted by atomic mass is 32.2. The Kier molecular flexibility index (Phi) is 3.23. The lowest BCUT2D eigenvalue weighted by Crippen LogP contribution is -1.99. The summed E-state index contributed by atoms with van der Waals surface area (Å²) in [5.41, 5.74) is 9.73. The van der Waals surface area contributed by atoms with Crippen molar-refractivity contribution in [2.75, 3.05) is 0 Å². The molecule has 0 aliphatic carbocycles. The topological polar surface area (TPSA) is 67.6 Å². The molecule has 19 heavy (non-hydrogen) atoms. The van der Waals surface area contributed by atoms with Crippen LogP contribution in [0.5, 0.6) is 0 Å². The van der Waals surface area contributed by atoms with Crippen LogP contribution in [0.25, 0.3) is 11.0 Å². The number of nitrogens with zero attached hydrogens (tertiary/aromatic N) is 2. The van der Waals surface area contributed by atoms with Crippen LogP contribution in [-0.2, 0) is 6.54 Å². The van der Waals surface area contributed by atoms with Gasteiger partial charge in [-0.25, -0.2) is 9.97 Å². The Labute approximate surface area is 115 Å². The van der Waals surface area contributed by atoms with Gasteiger partial charge in [0.15, 0.2) is 5.16 Å². The van der Waals surface area contributed by atoms with Gasteiger partial charge in [-0.2, -0.15) is 0 Å². The van der Waals surface area contributed by atoms with Crippen LogP contribution in [0.1, 0.15) is 11.3 Å². The number of aromatic amines is 1. The number of hydrogen-bond donors (Lipinski definition) is 2. The zero-order valence-electron chi connectivity index (χ0n) is 10.6. The molecule has 0 saturated carbocycles. The molecule has 0 saturated heterocycles. The van der Waals surface area contributed by atoms with E-state index in [4.69, 9.17) is 5.73 Å². The van der Waals surface area contributed by atoms with E-state index >= 15 is 0 Å². The summed E-state index contributed by atoms with van der Waals surface area (Å²) in [7, 11) is 0. The summed E-state index contributed by atoms with van der Waals surface area (Å²) in [5.74, 6) is 0. The Bertz CT molecular complexity index is 720. The highest BCUT2D eigenvalue weighted by Crippen LogP contribution is 2.26. The van der Waals surface area contributed by atoms with E-state index in [0.29, 0.717) is 6.54 Å². The minimum absolute atomic E-state index is 0.452. The van der Waals surface area contributed by atoms with Gasteiger partial charge in [-0.15, -0.1) is 0 Å². The van der Waals surface area contributed by atoms with Crippen LogP contribution in [0.4, 0.5) is 0 Å². The van der Waals surface area contributed by atoms with Gasteiger partial charge in [-0.1, -0.05) is 12.1 Å². The molecule has 4 nitrogen and oxygen atoms in total. The molecule has 0 fully saturated rings. The molecule has 0 radical (unpaired) electrons. The molecule has 3 N–H and O–H groups in total. The van der Waals surface area contributed by atoms with E-state index in [1.54, 1.807) is 0 Å². The van der Waals surface area contributed by atoms with Crippen LogP contribution in [0.3, 0.4) is 0 Å². The number of hydrogen-bond acceptors (Lipinski definition) is 4. The van der Waals surface area contributed by atoms with Crippen LogP contribution >= 0.6 is 11.8 Å². The van der Waals surface area contributed by atoms with E-state index in [0.717, 1.165) is 26.9 Å². The van der Waals surface area contributed by atoms with Crippen LogP contribution in [0.15, 0.2) is 46.6 Å². The number of H-pyrrole nitrogens is 1. The summed E-state index contributed by atoms with van der Waals surface area (Å²) in [4.78, 5) is 12.3. The van der Waals surface area contributed by atoms with Crippen molar-refractivity contribution in [3.8, 4) is 0 Å². The van der Waals surface area contributed by atoms with Gasteiger partial charge in [-0.05, 0) is 48.5 Å². The van der Waals surface area contributed by atoms with Crippen LogP contribution in [-0.4, -0.2) is 15.0 Å². The molecule has 1 aromatic carbocycles. The van der Waals surface area contributed by atoms with Crippen molar-refractivity contribution < 1.29 is 0 Å². The summed E-state index contributed by atoms with van der Waals surface area (Å²) in [6.07, 6.45) is 0. The first-order valence-electron chi connectivity index (χ1n) is 6.05. The molecule has 0 atom stereocenters. The number of fused-ring (bicyclic) bond motifs is 1. The number of rotatable bonds is 3. The maximum atomic E-state index is 5.59. The van der Waals surface area contributed by atoms with Crippen molar-refractivity contribution >= 4 is 22.8 Å². The fourth-order valence-corrected chi connectivity index (χ4v) is 2.69. The Balaban J connectivity index is 1.92. The minimum Gasteiger partial charge on any atom is -0.333 e. The van der Waals surface area contributed by atoms with Crippen LogP contribution < -0.4 is 5.73 Å². The molecule has 96 valence electrons. The lowest BCUT2D eigenvalue weighted by Gasteiger charge is -1.99. The molecule has 2 aromatic heterocycles. The third-order valence-electron chi connectivity index (χ3n) is 2.81. The van der Waals surface area contributed by atoms with Gasteiger partial charge in [0, 0.05) is 6.54 Å². The molecule has 3 rings (SSSR count). The number of aromatic nitrogens is 3. The van der Waals surface area contributed by atoms with E-state index in [9.17, 15) is 0 Å². The number of imidazole rings is 1. The monoisotopic (exact) mass is 270 g/mol. The van der Waals surface area contributed by atoms with Gasteiger partial charge < -0.3 is 10.7 Å². The fourth-order valence-electron chi connectivity index (χ4n) is 1.88. The molecule has 0 aliphatic rings. The number of pyridine rings is 1. The molecular weight excluding hydrogens is 256 g/mol. The Hall–Kier alpha value is -1.85. The maximum Gasteiger partial charge on any atom is 0.172 e. The second-order valence-electron chi connectivity index (χ2n) is 4.34. The van der Waals surface area contributed by atoms with Crippen molar-refractivity contribution in [2.24, 2.45) is 5.73 Å². The molecule has 2 heterocycles. The molecular formula is C14H14N4S. The molecule has 3 aromatic rings. The van der Waals surface area contributed by atoms with Crippen molar-refractivity contribution in [1.82, 2.24) is 15.0 Å². The van der Waals surface area contributed by atoms with Gasteiger partial charge in [0.05, 0.1) is 16.7 Å². The Morgan fingerprint density at radius 3 is 2.95 bits per heavy atom. The molecule has 0 bridgehead atoms. The second-order valence-corrected chi connectivity index (χ2v) is 5.35. The van der Waals surface area contributed by atoms with Crippen molar-refractivity contribution in [3.05, 3.63) is 47.7 Å². The Morgan fingerprint density at radius 1 is 1.21 bits per heavy atom. The average molecular weight is 270 g/mol. The first-order chi connectivity index (χ1) is 9.24. The molecule has 0 unspecified atom stereocenters. The van der Waals surface area contributed by atoms with Gasteiger partial charge in [0.25, 0.3) is 0 Å². The quantitative estimate of drug-likeness (QED) is 0.768. The third-order valence-corrected chi connectivity index (χ3v) is 3.63. The molecule has 0 aliphatic heterocycles. The second kappa shape index (κ2) is 5.03. The fraction of sp³-hybridized carbons (Fsp3) is 0.143. The molecule has 0 spiro atoms. The van der Waals surface area contributed by atoms with Gasteiger partial charge >= 0.3 is 0 Å². The molecule has 0 amide bonds. The van der Waals surface area contributed by atoms with E-state index in [-0.39, 0.29) is 0 Å². The van der Waals surface area contributed by atoms with Crippen molar-refractivity contribution in [2.45, 2.75) is 23.7 Å². The number of nitrogens with one attached hydrogen (secondary N) is 1. The summed E-state index contributed by atoms with van der Waals surface area (Å²) >= 11 is 1.52. The molecule has 5 heteroatoms. The lowest BCUT2D eigenvalue weighted by molar-refractivity contribution is 0.938. The highest BCUT2D eigenvalue weighted by molar-refractivity contribution is 7.99. The smallest absolute Gasteiger partial charge is 0.172 e. The first-order valence-corrected chi connectivity index (χ1v) is 6.86. The summed E-state index contributed by atoms with van der Waals surface area (Å²) in [5, 5.41) is 1.75. The lowest BCUT2D eigenvalue weighted by atomic mass is 10.2. The number of benzene rings is 1. The normalized spacial score (nSPS) is 11.1. The number of aryl methyl sites for hydroxylation is 1. The van der Waals surface area contributed by atoms with E-state index in [1.165, 1.54) is 17.3 Å². The van der Waals surface area contributed by atoms with Gasteiger partial charge in [0.1, 0.15) is 5.03 Å². The summed E-state index contributed by atoms with van der Waals surface area (Å²) < 4.78 is 0. The van der Waals surface area contributed by atoms with E-state index in [2.05, 4.69) is 34.0 Å². The maximum absolute atomic E-state index is 5.59.